The Bertz CT molecular complexity index is 1970. The fraction of sp³-hybridized carbons (Fsp3) is 0.200. The summed E-state index contributed by atoms with van der Waals surface area (Å²) in [6.45, 7) is -1.66. The zero-order valence-corrected chi connectivity index (χ0v) is 25.5. The van der Waals surface area contributed by atoms with E-state index < -0.39 is 86.4 Å². The minimum absolute atomic E-state index is 0.0280. The minimum atomic E-state index is -3.73. The molecule has 0 aromatic heterocycles. The largest absolute Gasteiger partial charge is 0.456 e. The topological polar surface area (TPSA) is 245 Å². The number of sulfone groups is 1. The van der Waals surface area contributed by atoms with Crippen LogP contribution in [0.4, 0.5) is 11.4 Å². The van der Waals surface area contributed by atoms with E-state index in [9.17, 15) is 57.4 Å². The number of non-ortho nitro benzene ring substituents is 2. The fourth-order valence-corrected chi connectivity index (χ4v) is 5.15. The second-order valence-electron chi connectivity index (χ2n) is 10.3. The number of Topliss-reactive ketones (excluding diaryl/α,β-unsaturated/α-hetero) is 2. The van der Waals surface area contributed by atoms with Crippen molar-refractivity contribution in [2.24, 2.45) is 0 Å². The van der Waals surface area contributed by atoms with Crippen molar-refractivity contribution in [2.45, 2.75) is 12.5 Å². The first-order chi connectivity index (χ1) is 22.6. The summed E-state index contributed by atoms with van der Waals surface area (Å²) in [6, 6.07) is 10.4. The van der Waals surface area contributed by atoms with Crippen LogP contribution in [0.3, 0.4) is 0 Å². The summed E-state index contributed by atoms with van der Waals surface area (Å²) in [4.78, 5) is 98.2. The fourth-order valence-electron chi connectivity index (χ4n) is 4.50. The molecule has 0 radical (unpaired) electrons. The number of fused-ring (bicyclic) bond motifs is 1. The van der Waals surface area contributed by atoms with E-state index in [1.807, 2.05) is 0 Å². The number of hydrogen-bond acceptors (Lipinski definition) is 14. The summed E-state index contributed by atoms with van der Waals surface area (Å²) in [7, 11) is -3.73. The molecule has 4 rings (SSSR count). The van der Waals surface area contributed by atoms with Crippen molar-refractivity contribution in [1.82, 2.24) is 4.90 Å². The van der Waals surface area contributed by atoms with E-state index in [2.05, 4.69) is 0 Å². The average molecular weight is 682 g/mol. The molecule has 3 aromatic carbocycles. The van der Waals surface area contributed by atoms with Gasteiger partial charge in [-0.25, -0.2) is 18.0 Å². The molecular formula is C30H23N3O14S. The quantitative estimate of drug-likeness (QED) is 0.0780. The number of rotatable bonds is 14. The highest BCUT2D eigenvalue weighted by molar-refractivity contribution is 7.90. The number of amides is 2. The van der Waals surface area contributed by atoms with Crippen LogP contribution in [0.5, 0.6) is 0 Å². The van der Waals surface area contributed by atoms with Crippen LogP contribution in [-0.4, -0.2) is 89.7 Å². The SMILES string of the molecule is CS(=O)(=O)CC[C@H](C(=O)OCC(=O)c1ccc([N+](=O)[O-])cc1)N1C(=O)c2ccc(C(=O)OCC(=O)c3ccc([N+](=O)[O-])cc3)cc2C1=O. The summed E-state index contributed by atoms with van der Waals surface area (Å²) in [5.41, 5.74) is -1.39. The molecule has 1 heterocycles. The third-order valence-electron chi connectivity index (χ3n) is 6.98. The molecule has 18 heteroatoms. The van der Waals surface area contributed by atoms with Crippen molar-refractivity contribution < 1.29 is 56.5 Å². The maximum Gasteiger partial charge on any atom is 0.338 e. The number of nitro groups is 2. The molecule has 0 N–H and O–H groups in total. The van der Waals surface area contributed by atoms with Gasteiger partial charge in [0.2, 0.25) is 0 Å². The monoisotopic (exact) mass is 681 g/mol. The highest BCUT2D eigenvalue weighted by Crippen LogP contribution is 2.28. The van der Waals surface area contributed by atoms with Crippen molar-refractivity contribution in [3.05, 3.63) is 115 Å². The first kappa shape index (κ1) is 34.7. The number of imide groups is 1. The van der Waals surface area contributed by atoms with E-state index in [0.29, 0.717) is 4.90 Å². The zero-order valence-electron chi connectivity index (χ0n) is 24.7. The molecule has 0 unspecified atom stereocenters. The molecule has 0 saturated heterocycles. The van der Waals surface area contributed by atoms with Gasteiger partial charge in [-0.3, -0.25) is 44.3 Å². The number of ketones is 2. The van der Waals surface area contributed by atoms with Crippen molar-refractivity contribution in [2.75, 3.05) is 25.2 Å². The van der Waals surface area contributed by atoms with Crippen LogP contribution in [-0.2, 0) is 24.1 Å². The Balaban J connectivity index is 1.48. The number of benzene rings is 3. The number of ether oxygens (including phenoxy) is 2. The third-order valence-corrected chi connectivity index (χ3v) is 7.96. The second-order valence-corrected chi connectivity index (χ2v) is 12.6. The van der Waals surface area contributed by atoms with Gasteiger partial charge in [0, 0.05) is 41.6 Å². The number of esters is 2. The smallest absolute Gasteiger partial charge is 0.338 e. The predicted molar refractivity (Wildman–Crippen MR) is 161 cm³/mol. The van der Waals surface area contributed by atoms with Gasteiger partial charge in [-0.2, -0.15) is 0 Å². The molecule has 3 aromatic rings. The van der Waals surface area contributed by atoms with Crippen LogP contribution >= 0.6 is 0 Å². The molecule has 17 nitrogen and oxygen atoms in total. The summed E-state index contributed by atoms with van der Waals surface area (Å²) < 4.78 is 33.8. The standard InChI is InChI=1S/C30H23N3O14S/c1-48(44,45)13-12-24(30(39)47-16-26(35)18-4-9-21(10-5-18)33(42)43)31-27(36)22-11-6-19(14-23(22)28(31)37)29(38)46-15-25(34)17-2-7-20(8-3-17)32(40)41/h2-11,14,24H,12-13,15-16H2,1H3/t24-/m1/s1. The van der Waals surface area contributed by atoms with Crippen molar-refractivity contribution in [3.8, 4) is 0 Å². The molecule has 0 spiro atoms. The van der Waals surface area contributed by atoms with Gasteiger partial charge in [-0.05, 0) is 48.9 Å². The van der Waals surface area contributed by atoms with E-state index >= 15 is 0 Å². The van der Waals surface area contributed by atoms with Gasteiger partial charge in [0.05, 0.1) is 32.3 Å². The van der Waals surface area contributed by atoms with Crippen LogP contribution in [0, 0.1) is 20.2 Å². The Morgan fingerprint density at radius 2 is 1.19 bits per heavy atom. The number of carbonyl (C=O) groups is 6. The van der Waals surface area contributed by atoms with Gasteiger partial charge in [-0.15, -0.1) is 0 Å². The molecule has 1 aliphatic rings. The van der Waals surface area contributed by atoms with Gasteiger partial charge in [0.25, 0.3) is 23.2 Å². The summed E-state index contributed by atoms with van der Waals surface area (Å²) in [6.07, 6.45) is 0.272. The first-order valence-electron chi connectivity index (χ1n) is 13.7. The lowest BCUT2D eigenvalue weighted by Gasteiger charge is -2.24. The van der Waals surface area contributed by atoms with Crippen molar-refractivity contribution in [1.29, 1.82) is 0 Å². The predicted octanol–water partition coefficient (Wildman–Crippen LogP) is 2.37. The normalized spacial score (nSPS) is 13.0. The van der Waals surface area contributed by atoms with E-state index in [4.69, 9.17) is 9.47 Å². The lowest BCUT2D eigenvalue weighted by atomic mass is 10.1. The Labute approximate surface area is 270 Å². The molecule has 248 valence electrons. The summed E-state index contributed by atoms with van der Waals surface area (Å²) >= 11 is 0. The van der Waals surface area contributed by atoms with E-state index in [1.165, 1.54) is 12.1 Å². The highest BCUT2D eigenvalue weighted by Gasteiger charge is 2.44. The molecule has 0 fully saturated rings. The maximum absolute atomic E-state index is 13.4. The number of nitro benzene ring substituents is 2. The number of carbonyl (C=O) groups excluding carboxylic acids is 6. The first-order valence-corrected chi connectivity index (χ1v) is 15.7. The van der Waals surface area contributed by atoms with Crippen LogP contribution in [0.1, 0.15) is 58.2 Å². The van der Waals surface area contributed by atoms with Crippen LogP contribution in [0.15, 0.2) is 66.7 Å². The molecule has 1 atom stereocenters. The van der Waals surface area contributed by atoms with Gasteiger partial charge in [0.15, 0.2) is 24.8 Å². The van der Waals surface area contributed by atoms with Crippen LogP contribution < -0.4 is 0 Å². The minimum Gasteiger partial charge on any atom is -0.456 e. The lowest BCUT2D eigenvalue weighted by molar-refractivity contribution is -0.385. The maximum atomic E-state index is 13.4. The van der Waals surface area contributed by atoms with E-state index in [-0.39, 0.29) is 39.2 Å². The lowest BCUT2D eigenvalue weighted by Crippen LogP contribution is -2.46. The molecule has 0 saturated carbocycles. The van der Waals surface area contributed by atoms with Gasteiger partial charge in [-0.1, -0.05) is 0 Å². The van der Waals surface area contributed by atoms with Gasteiger partial charge in [0.1, 0.15) is 15.9 Å². The van der Waals surface area contributed by atoms with Crippen molar-refractivity contribution >= 4 is 56.5 Å². The Morgan fingerprint density at radius 1 is 0.729 bits per heavy atom. The van der Waals surface area contributed by atoms with Gasteiger partial charge >= 0.3 is 11.9 Å². The molecule has 0 bridgehead atoms. The molecule has 0 aliphatic carbocycles. The molecule has 48 heavy (non-hydrogen) atoms. The Kier molecular flexibility index (Phi) is 10.2. The molecule has 2 amide bonds. The van der Waals surface area contributed by atoms with Crippen LogP contribution in [0.2, 0.25) is 0 Å². The summed E-state index contributed by atoms with van der Waals surface area (Å²) in [5.74, 6) is -6.56. The van der Waals surface area contributed by atoms with E-state index in [0.717, 1.165) is 60.9 Å². The molecule has 1 aliphatic heterocycles. The Morgan fingerprint density at radius 3 is 1.67 bits per heavy atom. The molecular weight excluding hydrogens is 658 g/mol. The zero-order chi connectivity index (χ0) is 35.3. The Hall–Kier alpha value is -6.17. The summed E-state index contributed by atoms with van der Waals surface area (Å²) in [5, 5.41) is 21.6. The number of nitrogens with zero attached hydrogens (tertiary/aromatic N) is 3. The van der Waals surface area contributed by atoms with E-state index in [1.54, 1.807) is 0 Å². The number of hydrogen-bond donors (Lipinski definition) is 0. The van der Waals surface area contributed by atoms with Gasteiger partial charge < -0.3 is 9.47 Å². The van der Waals surface area contributed by atoms with Crippen molar-refractivity contribution in [3.63, 3.8) is 0 Å². The third kappa shape index (κ3) is 7.97. The second kappa shape index (κ2) is 14.1. The highest BCUT2D eigenvalue weighted by atomic mass is 32.2. The average Bonchev–Trinajstić information content (AvgIpc) is 3.30. The van der Waals surface area contributed by atoms with Crippen LogP contribution in [0.25, 0.3) is 0 Å².